The van der Waals surface area contributed by atoms with E-state index < -0.39 is 6.10 Å². The van der Waals surface area contributed by atoms with E-state index in [0.717, 1.165) is 24.5 Å². The number of hydrogen-bond donors (Lipinski definition) is 1. The number of aliphatic hydroxyl groups excluding tert-OH is 1. The van der Waals surface area contributed by atoms with Crippen LogP contribution >= 0.6 is 0 Å². The lowest BCUT2D eigenvalue weighted by molar-refractivity contribution is 0.125. The number of tetrazole rings is 1. The van der Waals surface area contributed by atoms with Crippen molar-refractivity contribution in [3.05, 3.63) is 54.5 Å². The topological polar surface area (TPSA) is 83.4 Å². The number of para-hydroxylation sites is 1. The monoisotopic (exact) mass is 340 g/mol. The fourth-order valence-corrected chi connectivity index (χ4v) is 3.12. The molecule has 0 saturated carbocycles. The van der Waals surface area contributed by atoms with Crippen LogP contribution in [0.25, 0.3) is 5.69 Å². The van der Waals surface area contributed by atoms with Crippen LogP contribution in [0.5, 0.6) is 0 Å². The molecule has 130 valence electrons. The van der Waals surface area contributed by atoms with Gasteiger partial charge >= 0.3 is 0 Å². The van der Waals surface area contributed by atoms with Crippen molar-refractivity contribution in [3.63, 3.8) is 0 Å². The van der Waals surface area contributed by atoms with Gasteiger partial charge in [0.2, 0.25) is 0 Å². The first kappa shape index (κ1) is 15.8. The molecule has 0 unspecified atom stereocenters. The molecular weight excluding hydrogens is 320 g/mol. The Morgan fingerprint density at radius 2 is 1.96 bits per heavy atom. The Bertz CT molecular complexity index is 789. The van der Waals surface area contributed by atoms with Gasteiger partial charge in [0.15, 0.2) is 0 Å². The van der Waals surface area contributed by atoms with Gasteiger partial charge < -0.3 is 14.4 Å². The third-order valence-corrected chi connectivity index (χ3v) is 4.28. The van der Waals surface area contributed by atoms with E-state index in [-0.39, 0.29) is 0 Å². The molecule has 1 aliphatic heterocycles. The highest BCUT2D eigenvalue weighted by atomic mass is 16.3. The van der Waals surface area contributed by atoms with E-state index in [1.807, 2.05) is 47.4 Å². The molecule has 4 rings (SSSR count). The van der Waals surface area contributed by atoms with Crippen LogP contribution in [0, 0.1) is 0 Å². The first-order chi connectivity index (χ1) is 12.3. The molecule has 1 saturated heterocycles. The van der Waals surface area contributed by atoms with E-state index in [9.17, 15) is 5.11 Å². The van der Waals surface area contributed by atoms with E-state index in [2.05, 4.69) is 20.4 Å². The Balaban J connectivity index is 1.51. The maximum Gasteiger partial charge on any atom is 0.250 e. The largest absolute Gasteiger partial charge is 0.468 e. The minimum Gasteiger partial charge on any atom is -0.468 e. The van der Waals surface area contributed by atoms with Crippen molar-refractivity contribution in [1.29, 1.82) is 0 Å². The van der Waals surface area contributed by atoms with Gasteiger partial charge in [-0.1, -0.05) is 23.3 Å². The zero-order valence-corrected chi connectivity index (χ0v) is 13.8. The fraction of sp³-hybridized carbons (Fsp3) is 0.353. The number of rotatable bonds is 4. The number of anilines is 1. The van der Waals surface area contributed by atoms with Crippen LogP contribution < -0.4 is 4.90 Å². The Hall–Kier alpha value is -2.71. The fourth-order valence-electron chi connectivity index (χ4n) is 3.12. The molecule has 0 radical (unpaired) electrons. The van der Waals surface area contributed by atoms with Crippen molar-refractivity contribution in [2.75, 3.05) is 31.1 Å². The highest BCUT2D eigenvalue weighted by Gasteiger charge is 2.25. The molecule has 25 heavy (non-hydrogen) atoms. The quantitative estimate of drug-likeness (QED) is 0.757. The van der Waals surface area contributed by atoms with Crippen LogP contribution in [0.1, 0.15) is 5.76 Å². The van der Waals surface area contributed by atoms with E-state index >= 15 is 0 Å². The summed E-state index contributed by atoms with van der Waals surface area (Å²) in [5.41, 5.74) is 0.897. The summed E-state index contributed by atoms with van der Waals surface area (Å²) >= 11 is 0. The maximum absolute atomic E-state index is 10.4. The van der Waals surface area contributed by atoms with Gasteiger partial charge in [-0.15, -0.1) is 0 Å². The Morgan fingerprint density at radius 3 is 2.76 bits per heavy atom. The summed E-state index contributed by atoms with van der Waals surface area (Å²) in [6.45, 7) is 3.28. The molecule has 0 aliphatic carbocycles. The van der Waals surface area contributed by atoms with Crippen molar-refractivity contribution < 1.29 is 9.52 Å². The lowest BCUT2D eigenvalue weighted by Crippen LogP contribution is -2.34. The first-order valence-electron chi connectivity index (χ1n) is 8.31. The predicted octanol–water partition coefficient (Wildman–Crippen LogP) is 0.938. The zero-order valence-electron chi connectivity index (χ0n) is 13.8. The van der Waals surface area contributed by atoms with Gasteiger partial charge in [0.1, 0.15) is 5.76 Å². The molecule has 8 nitrogen and oxygen atoms in total. The Labute approximate surface area is 145 Å². The number of β-amino-alcohol motifs (C(OH)–C–C–N with tert-alkyl or cyclic N) is 1. The second-order valence-electron chi connectivity index (χ2n) is 6.14. The molecule has 1 N–H and O–H groups in total. The average Bonchev–Trinajstić information content (AvgIpc) is 3.27. The highest BCUT2D eigenvalue weighted by Crippen LogP contribution is 2.18. The van der Waals surface area contributed by atoms with Gasteiger partial charge in [-0.2, -0.15) is 4.68 Å². The van der Waals surface area contributed by atoms with Crippen LogP contribution in [0.3, 0.4) is 0 Å². The molecule has 0 amide bonds. The SMILES string of the molecule is O[C@H]1CN(Cc2ccco2)CCN(c2nnnn2-c2ccccc2)C1. The molecule has 3 aromatic rings. The molecule has 2 aromatic heterocycles. The lowest BCUT2D eigenvalue weighted by atomic mass is 10.3. The van der Waals surface area contributed by atoms with Gasteiger partial charge in [-0.05, 0) is 34.7 Å². The van der Waals surface area contributed by atoms with Gasteiger partial charge in [0.25, 0.3) is 5.95 Å². The third-order valence-electron chi connectivity index (χ3n) is 4.28. The molecule has 8 heteroatoms. The van der Waals surface area contributed by atoms with Gasteiger partial charge in [-0.25, -0.2) is 0 Å². The zero-order chi connectivity index (χ0) is 17.1. The van der Waals surface area contributed by atoms with Crippen molar-refractivity contribution >= 4 is 5.95 Å². The number of aliphatic hydroxyl groups is 1. The average molecular weight is 340 g/mol. The van der Waals surface area contributed by atoms with Gasteiger partial charge in [-0.3, -0.25) is 4.90 Å². The van der Waals surface area contributed by atoms with E-state index in [1.165, 1.54) is 0 Å². The van der Waals surface area contributed by atoms with Crippen molar-refractivity contribution in [2.45, 2.75) is 12.6 Å². The van der Waals surface area contributed by atoms with Crippen LogP contribution in [0.2, 0.25) is 0 Å². The number of aromatic nitrogens is 4. The molecule has 0 bridgehead atoms. The third kappa shape index (κ3) is 3.54. The molecule has 3 heterocycles. The molecule has 1 atom stereocenters. The van der Waals surface area contributed by atoms with Crippen molar-refractivity contribution in [2.24, 2.45) is 0 Å². The van der Waals surface area contributed by atoms with Crippen LogP contribution in [0.4, 0.5) is 5.95 Å². The van der Waals surface area contributed by atoms with Crippen LogP contribution in [-0.4, -0.2) is 62.5 Å². The molecule has 1 fully saturated rings. The number of benzene rings is 1. The predicted molar refractivity (Wildman–Crippen MR) is 91.4 cm³/mol. The van der Waals surface area contributed by atoms with Crippen molar-refractivity contribution in [3.8, 4) is 5.69 Å². The summed E-state index contributed by atoms with van der Waals surface area (Å²) in [6, 6.07) is 13.6. The number of nitrogens with zero attached hydrogens (tertiary/aromatic N) is 6. The minimum atomic E-state index is -0.488. The maximum atomic E-state index is 10.4. The van der Waals surface area contributed by atoms with Gasteiger partial charge in [0.05, 0.1) is 24.6 Å². The smallest absolute Gasteiger partial charge is 0.250 e. The van der Waals surface area contributed by atoms with E-state index in [0.29, 0.717) is 25.6 Å². The molecule has 0 spiro atoms. The van der Waals surface area contributed by atoms with Gasteiger partial charge in [0, 0.05) is 26.2 Å². The summed E-state index contributed by atoms with van der Waals surface area (Å²) in [6.07, 6.45) is 1.18. The van der Waals surface area contributed by atoms with Crippen LogP contribution in [-0.2, 0) is 6.54 Å². The highest BCUT2D eigenvalue weighted by molar-refractivity contribution is 5.40. The molecule has 1 aromatic carbocycles. The number of hydrogen-bond acceptors (Lipinski definition) is 7. The van der Waals surface area contributed by atoms with E-state index in [1.54, 1.807) is 10.9 Å². The van der Waals surface area contributed by atoms with E-state index in [4.69, 9.17) is 4.42 Å². The van der Waals surface area contributed by atoms with Crippen molar-refractivity contribution in [1.82, 2.24) is 25.1 Å². The second-order valence-corrected chi connectivity index (χ2v) is 6.14. The first-order valence-corrected chi connectivity index (χ1v) is 8.31. The molecule has 1 aliphatic rings. The Morgan fingerprint density at radius 1 is 1.08 bits per heavy atom. The molecular formula is C17H20N6O2. The summed E-state index contributed by atoms with van der Waals surface area (Å²) in [7, 11) is 0. The number of furan rings is 1. The summed E-state index contributed by atoms with van der Waals surface area (Å²) < 4.78 is 7.12. The minimum absolute atomic E-state index is 0.488. The summed E-state index contributed by atoms with van der Waals surface area (Å²) in [4.78, 5) is 4.21. The Kier molecular flexibility index (Phi) is 4.45. The van der Waals surface area contributed by atoms with Crippen LogP contribution in [0.15, 0.2) is 53.1 Å². The lowest BCUT2D eigenvalue weighted by Gasteiger charge is -2.22. The second kappa shape index (κ2) is 7.04. The standard InChI is InChI=1S/C17H20N6O2/c24-15-11-21(13-16-7-4-10-25-16)8-9-22(12-15)17-18-19-20-23(17)14-5-2-1-3-6-14/h1-7,10,15,24H,8-9,11-13H2/t15-/m0/s1. The normalized spacial score (nSPS) is 19.1. The summed E-state index contributed by atoms with van der Waals surface area (Å²) in [5.74, 6) is 1.54. The summed E-state index contributed by atoms with van der Waals surface area (Å²) in [5, 5.41) is 22.5.